The van der Waals surface area contributed by atoms with Crippen LogP contribution in [-0.2, 0) is 6.42 Å². The molecule has 88 valence electrons. The van der Waals surface area contributed by atoms with Gasteiger partial charge in [0.25, 0.3) is 0 Å². The van der Waals surface area contributed by atoms with Crippen LogP contribution in [0.25, 0.3) is 11.3 Å². The minimum atomic E-state index is -1.15. The van der Waals surface area contributed by atoms with Crippen molar-refractivity contribution in [1.29, 1.82) is 0 Å². The van der Waals surface area contributed by atoms with Crippen LogP contribution in [0.4, 0.5) is 0 Å². The van der Waals surface area contributed by atoms with Gasteiger partial charge >= 0.3 is 11.9 Å². The number of nitrogens with zero attached hydrogens (tertiary/aromatic N) is 1. The topological polar surface area (TPSA) is 63.3 Å². The van der Waals surface area contributed by atoms with Crippen molar-refractivity contribution in [2.75, 3.05) is 0 Å². The lowest BCUT2D eigenvalue weighted by atomic mass is 10.1. The average Bonchev–Trinajstić information content (AvgIpc) is 2.80. The second-order valence-electron chi connectivity index (χ2n) is 3.78. The number of carboxylic acids is 1. The van der Waals surface area contributed by atoms with Crippen LogP contribution in [0.15, 0.2) is 34.9 Å². The Morgan fingerprint density at radius 1 is 1.35 bits per heavy atom. The number of benzene rings is 1. The highest BCUT2D eigenvalue weighted by molar-refractivity contribution is 5.82. The van der Waals surface area contributed by atoms with Crippen LogP contribution in [0.3, 0.4) is 0 Å². The predicted octanol–water partition coefficient (Wildman–Crippen LogP) is 2.99. The molecule has 0 bridgehead atoms. The molecule has 0 saturated carbocycles. The number of aromatic nitrogens is 1. The van der Waals surface area contributed by atoms with Crippen LogP contribution in [0.5, 0.6) is 0 Å². The SMILES string of the molecule is CCCc1ccc(-c2cnc(C(=O)O)o2)cc1. The highest BCUT2D eigenvalue weighted by Gasteiger charge is 2.11. The zero-order valence-electron chi connectivity index (χ0n) is 9.51. The number of oxazole rings is 1. The van der Waals surface area contributed by atoms with Crippen molar-refractivity contribution >= 4 is 5.97 Å². The van der Waals surface area contributed by atoms with Gasteiger partial charge in [0.1, 0.15) is 0 Å². The first-order chi connectivity index (χ1) is 8.20. The first kappa shape index (κ1) is 11.4. The molecule has 1 aromatic heterocycles. The third kappa shape index (κ3) is 2.53. The molecule has 0 radical (unpaired) electrons. The van der Waals surface area contributed by atoms with Gasteiger partial charge in [-0.1, -0.05) is 37.6 Å². The Bertz CT molecular complexity index is 514. The lowest BCUT2D eigenvalue weighted by Crippen LogP contribution is -1.94. The fourth-order valence-corrected chi connectivity index (χ4v) is 1.63. The van der Waals surface area contributed by atoms with Gasteiger partial charge in [-0.15, -0.1) is 0 Å². The number of aryl methyl sites for hydroxylation is 1. The zero-order chi connectivity index (χ0) is 12.3. The number of carbonyl (C=O) groups is 1. The van der Waals surface area contributed by atoms with Crippen LogP contribution in [0.2, 0.25) is 0 Å². The largest absolute Gasteiger partial charge is 0.474 e. The van der Waals surface area contributed by atoms with Gasteiger partial charge in [0, 0.05) is 5.56 Å². The summed E-state index contributed by atoms with van der Waals surface area (Å²) in [5, 5.41) is 8.70. The molecule has 1 heterocycles. The smallest absolute Gasteiger partial charge is 0.392 e. The highest BCUT2D eigenvalue weighted by Crippen LogP contribution is 2.21. The Kier molecular flexibility index (Phi) is 3.23. The van der Waals surface area contributed by atoms with E-state index in [0.29, 0.717) is 5.76 Å². The normalized spacial score (nSPS) is 10.4. The lowest BCUT2D eigenvalue weighted by molar-refractivity contribution is 0.0654. The Hall–Kier alpha value is -2.10. The molecule has 2 rings (SSSR count). The van der Waals surface area contributed by atoms with Crippen molar-refractivity contribution in [3.05, 3.63) is 41.9 Å². The maximum Gasteiger partial charge on any atom is 0.392 e. The molecular formula is C13H13NO3. The molecule has 17 heavy (non-hydrogen) atoms. The summed E-state index contributed by atoms with van der Waals surface area (Å²) >= 11 is 0. The van der Waals surface area contributed by atoms with Gasteiger partial charge in [-0.2, -0.15) is 0 Å². The lowest BCUT2D eigenvalue weighted by Gasteiger charge is -1.99. The summed E-state index contributed by atoms with van der Waals surface area (Å²) in [6.07, 6.45) is 3.57. The summed E-state index contributed by atoms with van der Waals surface area (Å²) < 4.78 is 5.12. The molecule has 1 N–H and O–H groups in total. The second kappa shape index (κ2) is 4.82. The maximum atomic E-state index is 10.6. The molecule has 1 aromatic carbocycles. The van der Waals surface area contributed by atoms with E-state index < -0.39 is 5.97 Å². The van der Waals surface area contributed by atoms with Crippen LogP contribution in [-0.4, -0.2) is 16.1 Å². The molecular weight excluding hydrogens is 218 g/mol. The van der Waals surface area contributed by atoms with Crippen molar-refractivity contribution in [2.24, 2.45) is 0 Å². The maximum absolute atomic E-state index is 10.6. The van der Waals surface area contributed by atoms with Crippen molar-refractivity contribution in [3.63, 3.8) is 0 Å². The van der Waals surface area contributed by atoms with E-state index in [4.69, 9.17) is 9.52 Å². The summed E-state index contributed by atoms with van der Waals surface area (Å²) in [5.74, 6) is -0.957. The minimum Gasteiger partial charge on any atom is -0.474 e. The second-order valence-corrected chi connectivity index (χ2v) is 3.78. The van der Waals surface area contributed by atoms with Crippen molar-refractivity contribution in [2.45, 2.75) is 19.8 Å². The fourth-order valence-electron chi connectivity index (χ4n) is 1.63. The van der Waals surface area contributed by atoms with E-state index in [1.54, 1.807) is 0 Å². The number of hydrogen-bond donors (Lipinski definition) is 1. The third-order valence-electron chi connectivity index (χ3n) is 2.47. The quantitative estimate of drug-likeness (QED) is 0.878. The molecule has 0 aliphatic heterocycles. The highest BCUT2D eigenvalue weighted by atomic mass is 16.4. The van der Waals surface area contributed by atoms with Crippen LogP contribution in [0, 0.1) is 0 Å². The van der Waals surface area contributed by atoms with E-state index in [9.17, 15) is 4.79 Å². The molecule has 4 heteroatoms. The van der Waals surface area contributed by atoms with E-state index in [1.165, 1.54) is 11.8 Å². The minimum absolute atomic E-state index is 0.280. The fraction of sp³-hybridized carbons (Fsp3) is 0.231. The van der Waals surface area contributed by atoms with Gasteiger partial charge in [0.05, 0.1) is 6.20 Å². The molecule has 4 nitrogen and oxygen atoms in total. The Labute approximate surface area is 98.9 Å². The third-order valence-corrected chi connectivity index (χ3v) is 2.47. The number of rotatable bonds is 4. The Morgan fingerprint density at radius 3 is 2.59 bits per heavy atom. The summed E-state index contributed by atoms with van der Waals surface area (Å²) in [4.78, 5) is 14.3. The summed E-state index contributed by atoms with van der Waals surface area (Å²) in [7, 11) is 0. The summed E-state index contributed by atoms with van der Waals surface area (Å²) in [5.41, 5.74) is 2.10. The van der Waals surface area contributed by atoms with Crippen LogP contribution < -0.4 is 0 Å². The molecule has 0 amide bonds. The first-order valence-corrected chi connectivity index (χ1v) is 5.49. The summed E-state index contributed by atoms with van der Waals surface area (Å²) in [6, 6.07) is 7.86. The molecule has 2 aromatic rings. The van der Waals surface area contributed by atoms with Crippen LogP contribution >= 0.6 is 0 Å². The average molecular weight is 231 g/mol. The van der Waals surface area contributed by atoms with E-state index in [0.717, 1.165) is 18.4 Å². The van der Waals surface area contributed by atoms with Gasteiger partial charge < -0.3 is 9.52 Å². The van der Waals surface area contributed by atoms with Gasteiger partial charge in [-0.3, -0.25) is 0 Å². The van der Waals surface area contributed by atoms with Gasteiger partial charge in [-0.05, 0) is 12.0 Å². The van der Waals surface area contributed by atoms with E-state index in [-0.39, 0.29) is 5.89 Å². The molecule has 0 aliphatic carbocycles. The Morgan fingerprint density at radius 2 is 2.06 bits per heavy atom. The van der Waals surface area contributed by atoms with Gasteiger partial charge in [0.15, 0.2) is 5.76 Å². The first-order valence-electron chi connectivity index (χ1n) is 5.49. The Balaban J connectivity index is 2.23. The molecule has 0 aliphatic rings. The number of aromatic carboxylic acids is 1. The molecule has 0 atom stereocenters. The monoisotopic (exact) mass is 231 g/mol. The number of carboxylic acid groups (broad SMARTS) is 1. The zero-order valence-corrected chi connectivity index (χ0v) is 9.51. The van der Waals surface area contributed by atoms with E-state index in [2.05, 4.69) is 11.9 Å². The van der Waals surface area contributed by atoms with Crippen LogP contribution in [0.1, 0.15) is 29.6 Å². The number of hydrogen-bond acceptors (Lipinski definition) is 3. The van der Waals surface area contributed by atoms with Gasteiger partial charge in [-0.25, -0.2) is 9.78 Å². The summed E-state index contributed by atoms with van der Waals surface area (Å²) in [6.45, 7) is 2.13. The molecule has 0 unspecified atom stereocenters. The van der Waals surface area contributed by atoms with E-state index >= 15 is 0 Å². The molecule has 0 saturated heterocycles. The van der Waals surface area contributed by atoms with Crippen molar-refractivity contribution in [1.82, 2.24) is 4.98 Å². The van der Waals surface area contributed by atoms with Crippen molar-refractivity contribution < 1.29 is 14.3 Å². The van der Waals surface area contributed by atoms with Gasteiger partial charge in [0.2, 0.25) is 0 Å². The molecule has 0 spiro atoms. The standard InChI is InChI=1S/C13H13NO3/c1-2-3-9-4-6-10(7-5-9)11-8-14-12(17-11)13(15)16/h4-8H,2-3H2,1H3,(H,15,16). The van der Waals surface area contributed by atoms with Crippen molar-refractivity contribution in [3.8, 4) is 11.3 Å². The predicted molar refractivity (Wildman–Crippen MR) is 62.9 cm³/mol. The van der Waals surface area contributed by atoms with E-state index in [1.807, 2.05) is 24.3 Å². The molecule has 0 fully saturated rings.